The molecule has 2 aliphatic rings. The van der Waals surface area contributed by atoms with Crippen molar-refractivity contribution < 1.29 is 0 Å². The van der Waals surface area contributed by atoms with Crippen LogP contribution in [-0.4, -0.2) is 38.1 Å². The van der Waals surface area contributed by atoms with Crippen LogP contribution in [0.15, 0.2) is 36.7 Å². The minimum absolute atomic E-state index is 0. The van der Waals surface area contributed by atoms with Crippen LogP contribution in [0.3, 0.4) is 0 Å². The highest BCUT2D eigenvalue weighted by molar-refractivity contribution is 5.86. The fourth-order valence-corrected chi connectivity index (χ4v) is 4.96. The molecule has 0 amide bonds. The van der Waals surface area contributed by atoms with E-state index in [-0.39, 0.29) is 24.8 Å². The molecule has 0 atom stereocenters. The van der Waals surface area contributed by atoms with Gasteiger partial charge in [0.2, 0.25) is 5.95 Å². The third kappa shape index (κ3) is 6.30. The summed E-state index contributed by atoms with van der Waals surface area (Å²) in [5.74, 6) is 1.40. The normalized spacial score (nSPS) is 20.5. The third-order valence-corrected chi connectivity index (χ3v) is 6.83. The van der Waals surface area contributed by atoms with Gasteiger partial charge in [-0.15, -0.1) is 24.8 Å². The number of rotatable bonds is 8. The first-order valence-electron chi connectivity index (χ1n) is 12.1. The van der Waals surface area contributed by atoms with E-state index in [2.05, 4.69) is 50.0 Å². The van der Waals surface area contributed by atoms with Crippen molar-refractivity contribution in [3.63, 3.8) is 0 Å². The number of anilines is 2. The highest BCUT2D eigenvalue weighted by Crippen LogP contribution is 2.33. The van der Waals surface area contributed by atoms with Crippen molar-refractivity contribution in [1.29, 1.82) is 0 Å². The average molecular weight is 508 g/mol. The number of halogens is 2. The molecule has 34 heavy (non-hydrogen) atoms. The molecule has 0 radical (unpaired) electrons. The fourth-order valence-electron chi connectivity index (χ4n) is 4.96. The Kier molecular flexibility index (Phi) is 9.76. The molecule has 0 saturated heterocycles. The number of hydrazine groups is 1. The van der Waals surface area contributed by atoms with Crippen LogP contribution in [0.1, 0.15) is 63.0 Å². The highest BCUT2D eigenvalue weighted by Gasteiger charge is 2.23. The van der Waals surface area contributed by atoms with E-state index in [9.17, 15) is 0 Å². The SMILES string of the molecule is Cl.Cl.NC1CCC(Nc2nc(NNCCc3ccccc3)c3ncn(C4CCCC4)c3n2)CC1. The van der Waals surface area contributed by atoms with Gasteiger partial charge in [-0.25, -0.2) is 10.4 Å². The Bertz CT molecular complexity index is 1010. The predicted octanol–water partition coefficient (Wildman–Crippen LogP) is 4.63. The number of hydrogen-bond acceptors (Lipinski definition) is 7. The molecule has 2 heterocycles. The number of aromatic nitrogens is 4. The molecule has 186 valence electrons. The molecular weight excluding hydrogens is 471 g/mol. The molecule has 2 aromatic heterocycles. The maximum Gasteiger partial charge on any atom is 0.227 e. The lowest BCUT2D eigenvalue weighted by atomic mass is 9.92. The van der Waals surface area contributed by atoms with Crippen LogP contribution in [0.25, 0.3) is 11.2 Å². The predicted molar refractivity (Wildman–Crippen MR) is 143 cm³/mol. The first-order valence-corrected chi connectivity index (χ1v) is 12.1. The van der Waals surface area contributed by atoms with E-state index in [0.29, 0.717) is 24.1 Å². The van der Waals surface area contributed by atoms with Crippen LogP contribution in [0.2, 0.25) is 0 Å². The summed E-state index contributed by atoms with van der Waals surface area (Å²) in [6, 6.07) is 11.7. The van der Waals surface area contributed by atoms with E-state index >= 15 is 0 Å². The Hall–Kier alpha value is -2.13. The monoisotopic (exact) mass is 506 g/mol. The van der Waals surface area contributed by atoms with Crippen molar-refractivity contribution in [3.8, 4) is 0 Å². The summed E-state index contributed by atoms with van der Waals surface area (Å²) in [6.45, 7) is 0.794. The van der Waals surface area contributed by atoms with Gasteiger partial charge >= 0.3 is 0 Å². The van der Waals surface area contributed by atoms with Gasteiger partial charge in [-0.1, -0.05) is 43.2 Å². The summed E-state index contributed by atoms with van der Waals surface area (Å²) < 4.78 is 2.25. The molecule has 5 rings (SSSR count). The Morgan fingerprint density at radius 1 is 0.941 bits per heavy atom. The fraction of sp³-hybridized carbons (Fsp3) is 0.542. The van der Waals surface area contributed by atoms with E-state index < -0.39 is 0 Å². The van der Waals surface area contributed by atoms with Crippen molar-refractivity contribution >= 4 is 47.7 Å². The van der Waals surface area contributed by atoms with Gasteiger partial charge in [0.05, 0.1) is 6.33 Å². The van der Waals surface area contributed by atoms with Crippen molar-refractivity contribution in [1.82, 2.24) is 24.9 Å². The van der Waals surface area contributed by atoms with E-state index in [1.54, 1.807) is 0 Å². The lowest BCUT2D eigenvalue weighted by Gasteiger charge is -2.27. The number of imidazole rings is 1. The lowest BCUT2D eigenvalue weighted by molar-refractivity contribution is 0.410. The Morgan fingerprint density at radius 2 is 1.68 bits per heavy atom. The summed E-state index contributed by atoms with van der Waals surface area (Å²) in [5, 5.41) is 3.57. The first kappa shape index (κ1) is 26.5. The number of nitrogens with zero attached hydrogens (tertiary/aromatic N) is 4. The Morgan fingerprint density at radius 3 is 2.41 bits per heavy atom. The zero-order valence-corrected chi connectivity index (χ0v) is 21.1. The van der Waals surface area contributed by atoms with Gasteiger partial charge < -0.3 is 21.0 Å². The molecular formula is C24H36Cl2N8. The van der Waals surface area contributed by atoms with E-state index in [1.165, 1.54) is 31.2 Å². The van der Waals surface area contributed by atoms with Crippen LogP contribution < -0.4 is 21.9 Å². The number of nitrogens with two attached hydrogens (primary N) is 1. The van der Waals surface area contributed by atoms with Crippen molar-refractivity contribution in [3.05, 3.63) is 42.2 Å². The van der Waals surface area contributed by atoms with E-state index in [4.69, 9.17) is 15.7 Å². The molecule has 0 spiro atoms. The minimum atomic E-state index is 0. The Labute approximate surface area is 213 Å². The standard InChI is InChI=1S/C24H34N8.2ClH/c25-18-10-12-19(13-11-18)28-24-29-22(31-27-15-14-17-6-2-1-3-7-17)21-23(30-24)32(16-26-21)20-8-4-5-9-20;;/h1-3,6-7,16,18-20,27H,4-5,8-15,25H2,(H2,28,29,30,31);2*1H. The second-order valence-corrected chi connectivity index (χ2v) is 9.20. The van der Waals surface area contributed by atoms with E-state index in [0.717, 1.165) is 55.6 Å². The van der Waals surface area contributed by atoms with Gasteiger partial charge in [0, 0.05) is 24.7 Å². The summed E-state index contributed by atoms with van der Waals surface area (Å²) in [7, 11) is 0. The maximum atomic E-state index is 6.09. The summed E-state index contributed by atoms with van der Waals surface area (Å²) >= 11 is 0. The van der Waals surface area contributed by atoms with Crippen LogP contribution in [0.4, 0.5) is 11.8 Å². The van der Waals surface area contributed by atoms with Crippen LogP contribution in [-0.2, 0) is 6.42 Å². The summed E-state index contributed by atoms with van der Waals surface area (Å²) in [5.41, 5.74) is 15.8. The van der Waals surface area contributed by atoms with Gasteiger partial charge in [-0.2, -0.15) is 9.97 Å². The number of nitrogens with one attached hydrogen (secondary N) is 3. The van der Waals surface area contributed by atoms with Gasteiger partial charge in [0.1, 0.15) is 0 Å². The molecule has 3 aromatic rings. The van der Waals surface area contributed by atoms with Crippen LogP contribution >= 0.6 is 24.8 Å². The zero-order valence-electron chi connectivity index (χ0n) is 19.4. The number of hydrogen-bond donors (Lipinski definition) is 4. The van der Waals surface area contributed by atoms with Crippen LogP contribution in [0, 0.1) is 0 Å². The topological polar surface area (TPSA) is 106 Å². The second-order valence-electron chi connectivity index (χ2n) is 9.20. The number of fused-ring (bicyclic) bond motifs is 1. The first-order chi connectivity index (χ1) is 15.8. The second kappa shape index (κ2) is 12.5. The third-order valence-electron chi connectivity index (χ3n) is 6.83. The quantitative estimate of drug-likeness (QED) is 0.260. The van der Waals surface area contributed by atoms with Crippen molar-refractivity contribution in [2.75, 3.05) is 17.3 Å². The van der Waals surface area contributed by atoms with Gasteiger partial charge in [0.25, 0.3) is 0 Å². The zero-order chi connectivity index (χ0) is 21.8. The van der Waals surface area contributed by atoms with Gasteiger partial charge in [-0.05, 0) is 50.5 Å². The molecule has 1 aromatic carbocycles. The summed E-state index contributed by atoms with van der Waals surface area (Å²) in [4.78, 5) is 14.4. The molecule has 10 heteroatoms. The van der Waals surface area contributed by atoms with Crippen LogP contribution in [0.5, 0.6) is 0 Å². The average Bonchev–Trinajstić information content (AvgIpc) is 3.49. The lowest BCUT2D eigenvalue weighted by Crippen LogP contribution is -2.33. The molecule has 2 fully saturated rings. The smallest absolute Gasteiger partial charge is 0.227 e. The molecule has 0 unspecified atom stereocenters. The molecule has 0 aliphatic heterocycles. The molecule has 5 N–H and O–H groups in total. The van der Waals surface area contributed by atoms with Gasteiger partial charge in [-0.3, -0.25) is 0 Å². The maximum absolute atomic E-state index is 6.09. The summed E-state index contributed by atoms with van der Waals surface area (Å²) in [6.07, 6.45) is 12.0. The Balaban J connectivity index is 0.00000162. The minimum Gasteiger partial charge on any atom is -0.351 e. The molecule has 8 nitrogen and oxygen atoms in total. The number of benzene rings is 1. The molecule has 0 bridgehead atoms. The molecule has 2 saturated carbocycles. The highest BCUT2D eigenvalue weighted by atomic mass is 35.5. The molecule has 2 aliphatic carbocycles. The van der Waals surface area contributed by atoms with Crippen molar-refractivity contribution in [2.45, 2.75) is 75.9 Å². The largest absolute Gasteiger partial charge is 0.351 e. The van der Waals surface area contributed by atoms with Gasteiger partial charge in [0.15, 0.2) is 17.0 Å². The van der Waals surface area contributed by atoms with Crippen molar-refractivity contribution in [2.24, 2.45) is 5.73 Å². The van der Waals surface area contributed by atoms with E-state index in [1.807, 2.05) is 12.4 Å².